The van der Waals surface area contributed by atoms with Gasteiger partial charge in [0.05, 0.1) is 17.4 Å². The van der Waals surface area contributed by atoms with Crippen LogP contribution in [0.3, 0.4) is 0 Å². The Labute approximate surface area is 167 Å². The number of carbonyl (C=O) groups excluding carboxylic acids is 1. The molecule has 10 heteroatoms. The molecule has 6 nitrogen and oxygen atoms in total. The molecule has 0 saturated carbocycles. The molecule has 0 aliphatic rings. The van der Waals surface area contributed by atoms with Gasteiger partial charge in [0.1, 0.15) is 5.82 Å². The van der Waals surface area contributed by atoms with E-state index in [-0.39, 0.29) is 5.82 Å². The Morgan fingerprint density at radius 1 is 1.21 bits per heavy atom. The molecule has 1 amide bonds. The molecule has 2 aromatic carbocycles. The number of benzene rings is 2. The molecule has 29 heavy (non-hydrogen) atoms. The first-order valence-corrected chi connectivity index (χ1v) is 9.59. The zero-order valence-corrected chi connectivity index (χ0v) is 15.9. The van der Waals surface area contributed by atoms with Crippen LogP contribution in [0.4, 0.5) is 13.2 Å². The van der Waals surface area contributed by atoms with Crippen LogP contribution >= 0.6 is 11.8 Å². The van der Waals surface area contributed by atoms with Crippen molar-refractivity contribution in [1.29, 1.82) is 0 Å². The second-order valence-corrected chi connectivity index (χ2v) is 7.03. The number of H-pyrrole nitrogens is 1. The van der Waals surface area contributed by atoms with Gasteiger partial charge >= 0.3 is 6.18 Å². The molecule has 3 N–H and O–H groups in total. The van der Waals surface area contributed by atoms with Gasteiger partial charge in [-0.3, -0.25) is 9.59 Å². The molecule has 1 atom stereocenters. The Hall–Kier alpha value is -2.85. The zero-order chi connectivity index (χ0) is 21.2. The smallest absolute Gasteiger partial charge is 0.369 e. The summed E-state index contributed by atoms with van der Waals surface area (Å²) in [7, 11) is 0. The van der Waals surface area contributed by atoms with Crippen molar-refractivity contribution < 1.29 is 23.1 Å². The van der Waals surface area contributed by atoms with Crippen LogP contribution in [0.5, 0.6) is 0 Å². The fraction of sp³-hybridized carbons (Fsp3) is 0.211. The molecule has 1 aromatic heterocycles. The summed E-state index contributed by atoms with van der Waals surface area (Å²) in [5.74, 6) is -1.71. The van der Waals surface area contributed by atoms with Crippen molar-refractivity contribution in [3.05, 3.63) is 70.3 Å². The minimum absolute atomic E-state index is 0.0376. The highest BCUT2D eigenvalue weighted by Gasteiger charge is 2.60. The van der Waals surface area contributed by atoms with E-state index in [1.807, 2.05) is 5.32 Å². The molecule has 0 fully saturated rings. The van der Waals surface area contributed by atoms with Crippen LogP contribution in [0, 0.1) is 0 Å². The fourth-order valence-electron chi connectivity index (χ4n) is 2.78. The Bertz CT molecular complexity index is 1120. The maximum absolute atomic E-state index is 13.7. The van der Waals surface area contributed by atoms with E-state index in [0.717, 1.165) is 12.1 Å². The monoisotopic (exact) mass is 423 g/mol. The van der Waals surface area contributed by atoms with Gasteiger partial charge in [0.25, 0.3) is 17.1 Å². The lowest BCUT2D eigenvalue weighted by Gasteiger charge is -2.29. The highest BCUT2D eigenvalue weighted by Crippen LogP contribution is 2.40. The average molecular weight is 423 g/mol. The van der Waals surface area contributed by atoms with Gasteiger partial charge in [0.15, 0.2) is 0 Å². The quantitative estimate of drug-likeness (QED) is 0.549. The molecule has 0 spiro atoms. The molecular weight excluding hydrogens is 407 g/mol. The molecule has 152 valence electrons. The Kier molecular flexibility index (Phi) is 5.67. The lowest BCUT2D eigenvalue weighted by atomic mass is 9.92. The van der Waals surface area contributed by atoms with E-state index in [9.17, 15) is 27.9 Å². The van der Waals surface area contributed by atoms with Gasteiger partial charge in [-0.15, -0.1) is 11.8 Å². The minimum Gasteiger partial charge on any atom is -0.369 e. The molecule has 0 saturated heterocycles. The van der Waals surface area contributed by atoms with Gasteiger partial charge in [0.2, 0.25) is 0 Å². The van der Waals surface area contributed by atoms with Gasteiger partial charge in [0, 0.05) is 10.5 Å². The minimum atomic E-state index is -5.27. The molecule has 0 bridgehead atoms. The molecule has 0 aliphatic carbocycles. The van der Waals surface area contributed by atoms with Crippen molar-refractivity contribution in [3.63, 3.8) is 0 Å². The molecule has 0 unspecified atom stereocenters. The van der Waals surface area contributed by atoms with Crippen LogP contribution < -0.4 is 10.9 Å². The number of nitrogens with one attached hydrogen (secondary N) is 2. The zero-order valence-electron chi connectivity index (χ0n) is 15.1. The second kappa shape index (κ2) is 7.88. The molecular formula is C19H16F3N3O3S. The fourth-order valence-corrected chi connectivity index (χ4v) is 3.24. The third kappa shape index (κ3) is 3.99. The highest BCUT2D eigenvalue weighted by molar-refractivity contribution is 7.98. The second-order valence-electron chi connectivity index (χ2n) is 6.15. The Morgan fingerprint density at radius 3 is 2.62 bits per heavy atom. The van der Waals surface area contributed by atoms with Crippen molar-refractivity contribution >= 4 is 28.6 Å². The highest BCUT2D eigenvalue weighted by atomic mass is 32.2. The van der Waals surface area contributed by atoms with Crippen molar-refractivity contribution in [1.82, 2.24) is 15.3 Å². The van der Waals surface area contributed by atoms with Crippen LogP contribution in [0.2, 0.25) is 0 Å². The topological polar surface area (TPSA) is 95.1 Å². The van der Waals surface area contributed by atoms with E-state index in [2.05, 4.69) is 9.97 Å². The van der Waals surface area contributed by atoms with Gasteiger partial charge in [-0.2, -0.15) is 13.2 Å². The number of aromatic nitrogens is 2. The standard InChI is InChI=1S/C19H16F3N3O3S/c1-29-12-6-4-5-11(9-12)18(28,19(20,21)22)17(27)23-10-15-24-14-8-3-2-7-13(14)16(26)25-15/h2-9,28H,10H2,1H3,(H,23,27)(H,24,25,26)/t18-/m1/s1. The number of carbonyl (C=O) groups is 1. The summed E-state index contributed by atoms with van der Waals surface area (Å²) in [6.45, 7) is -0.500. The third-order valence-corrected chi connectivity index (χ3v) is 5.03. The Morgan fingerprint density at radius 2 is 1.93 bits per heavy atom. The lowest BCUT2D eigenvalue weighted by molar-refractivity contribution is -0.257. The largest absolute Gasteiger partial charge is 0.430 e. The van der Waals surface area contributed by atoms with Crippen LogP contribution in [0.25, 0.3) is 10.9 Å². The van der Waals surface area contributed by atoms with E-state index < -0.39 is 35.4 Å². The van der Waals surface area contributed by atoms with E-state index in [1.54, 1.807) is 36.6 Å². The number of aliphatic hydroxyl groups is 1. The maximum Gasteiger partial charge on any atom is 0.430 e. The van der Waals surface area contributed by atoms with Crippen LogP contribution in [-0.2, 0) is 16.9 Å². The molecule has 3 aromatic rings. The summed E-state index contributed by atoms with van der Waals surface area (Å²) in [6.07, 6.45) is -3.61. The van der Waals surface area contributed by atoms with Gasteiger partial charge < -0.3 is 15.4 Å². The van der Waals surface area contributed by atoms with Crippen LogP contribution in [0.1, 0.15) is 11.4 Å². The third-order valence-electron chi connectivity index (χ3n) is 4.30. The van der Waals surface area contributed by atoms with E-state index in [1.165, 1.54) is 17.8 Å². The molecule has 0 radical (unpaired) electrons. The predicted molar refractivity (Wildman–Crippen MR) is 102 cm³/mol. The summed E-state index contributed by atoms with van der Waals surface area (Å²) in [5.41, 5.74) is -4.51. The molecule has 1 heterocycles. The van der Waals surface area contributed by atoms with Crippen LogP contribution in [0.15, 0.2) is 58.2 Å². The van der Waals surface area contributed by atoms with Crippen molar-refractivity contribution in [3.8, 4) is 0 Å². The van der Waals surface area contributed by atoms with Gasteiger partial charge in [-0.05, 0) is 30.5 Å². The van der Waals surface area contributed by atoms with E-state index in [4.69, 9.17) is 0 Å². The number of hydrogen-bond acceptors (Lipinski definition) is 5. The lowest BCUT2D eigenvalue weighted by Crippen LogP contribution is -2.54. The van der Waals surface area contributed by atoms with Crippen molar-refractivity contribution in [2.45, 2.75) is 23.2 Å². The summed E-state index contributed by atoms with van der Waals surface area (Å²) in [6, 6.07) is 11.4. The first-order valence-electron chi connectivity index (χ1n) is 8.36. The number of thioether (sulfide) groups is 1. The number of aromatic amines is 1. The number of halogens is 3. The SMILES string of the molecule is CSc1cccc([C@@](O)(C(=O)NCc2nc3ccccc3c(=O)[nH]2)C(F)(F)F)c1. The number of nitrogens with zero attached hydrogens (tertiary/aromatic N) is 1. The normalized spacial score (nSPS) is 13.8. The summed E-state index contributed by atoms with van der Waals surface area (Å²) >= 11 is 1.17. The number of fused-ring (bicyclic) bond motifs is 1. The van der Waals surface area contributed by atoms with Crippen molar-refractivity contribution in [2.75, 3.05) is 6.26 Å². The number of amides is 1. The number of para-hydroxylation sites is 1. The van der Waals surface area contributed by atoms with E-state index >= 15 is 0 Å². The van der Waals surface area contributed by atoms with E-state index in [0.29, 0.717) is 15.8 Å². The summed E-state index contributed by atoms with van der Waals surface area (Å²) in [5, 5.41) is 12.7. The number of hydrogen-bond donors (Lipinski definition) is 3. The molecule has 0 aliphatic heterocycles. The number of rotatable bonds is 5. The number of alkyl halides is 3. The van der Waals surface area contributed by atoms with Gasteiger partial charge in [-0.1, -0.05) is 24.3 Å². The maximum atomic E-state index is 13.7. The average Bonchev–Trinajstić information content (AvgIpc) is 2.70. The first-order chi connectivity index (χ1) is 13.7. The predicted octanol–water partition coefficient (Wildman–Crippen LogP) is 2.71. The first kappa shape index (κ1) is 20.9. The summed E-state index contributed by atoms with van der Waals surface area (Å²) < 4.78 is 41.0. The summed E-state index contributed by atoms with van der Waals surface area (Å²) in [4.78, 5) is 31.5. The Balaban J connectivity index is 1.91. The van der Waals surface area contributed by atoms with Crippen molar-refractivity contribution in [2.24, 2.45) is 0 Å². The van der Waals surface area contributed by atoms with Gasteiger partial charge in [-0.25, -0.2) is 4.98 Å². The van der Waals surface area contributed by atoms with Crippen LogP contribution in [-0.4, -0.2) is 33.4 Å². The molecule has 3 rings (SSSR count).